The summed E-state index contributed by atoms with van der Waals surface area (Å²) in [6.07, 6.45) is 0. The van der Waals surface area contributed by atoms with E-state index in [1.807, 2.05) is 49.6 Å². The summed E-state index contributed by atoms with van der Waals surface area (Å²) in [6, 6.07) is 11.3. The number of benzene rings is 1. The molecule has 1 aromatic carbocycles. The van der Waals surface area contributed by atoms with Crippen molar-refractivity contribution in [3.8, 4) is 11.3 Å². The number of hydrogen-bond acceptors (Lipinski definition) is 5. The summed E-state index contributed by atoms with van der Waals surface area (Å²) < 4.78 is 5.05. The SMILES string of the molecule is Cc1cc(CNC(=O)N[C@H](C)c2nc(-c3ccccc3)cs2)on1. The van der Waals surface area contributed by atoms with Gasteiger partial charge in [0.1, 0.15) is 5.01 Å². The Labute approximate surface area is 143 Å². The van der Waals surface area contributed by atoms with Gasteiger partial charge in [-0.1, -0.05) is 35.5 Å². The van der Waals surface area contributed by atoms with Crippen molar-refractivity contribution in [3.05, 3.63) is 58.2 Å². The molecule has 2 aromatic heterocycles. The molecule has 0 aliphatic carbocycles. The van der Waals surface area contributed by atoms with Crippen LogP contribution in [0.3, 0.4) is 0 Å². The van der Waals surface area contributed by atoms with Crippen LogP contribution >= 0.6 is 11.3 Å². The van der Waals surface area contributed by atoms with Crippen LogP contribution in [0.1, 0.15) is 29.4 Å². The predicted molar refractivity (Wildman–Crippen MR) is 92.6 cm³/mol. The summed E-state index contributed by atoms with van der Waals surface area (Å²) in [7, 11) is 0. The lowest BCUT2D eigenvalue weighted by Crippen LogP contribution is -2.36. The number of nitrogens with one attached hydrogen (secondary N) is 2. The average molecular weight is 342 g/mol. The largest absolute Gasteiger partial charge is 0.359 e. The van der Waals surface area contributed by atoms with Gasteiger partial charge in [0.25, 0.3) is 0 Å². The molecule has 6 nitrogen and oxygen atoms in total. The number of amides is 2. The van der Waals surface area contributed by atoms with E-state index in [1.54, 1.807) is 6.07 Å². The van der Waals surface area contributed by atoms with Crippen molar-refractivity contribution < 1.29 is 9.32 Å². The van der Waals surface area contributed by atoms with Crippen molar-refractivity contribution in [2.45, 2.75) is 26.4 Å². The van der Waals surface area contributed by atoms with Crippen LogP contribution < -0.4 is 10.6 Å². The maximum Gasteiger partial charge on any atom is 0.315 e. The zero-order valence-corrected chi connectivity index (χ0v) is 14.3. The molecule has 3 rings (SSSR count). The molecule has 0 spiro atoms. The number of hydrogen-bond donors (Lipinski definition) is 2. The second kappa shape index (κ2) is 7.27. The van der Waals surface area contributed by atoms with E-state index in [-0.39, 0.29) is 12.1 Å². The minimum atomic E-state index is -0.270. The molecule has 0 saturated heterocycles. The van der Waals surface area contributed by atoms with Crippen molar-refractivity contribution in [1.29, 1.82) is 0 Å². The Bertz CT molecular complexity index is 813. The van der Waals surface area contributed by atoms with Gasteiger partial charge in [-0.15, -0.1) is 11.3 Å². The molecule has 1 atom stereocenters. The number of urea groups is 1. The average Bonchev–Trinajstić information content (AvgIpc) is 3.23. The molecule has 2 amide bonds. The molecule has 0 radical (unpaired) electrons. The van der Waals surface area contributed by atoms with E-state index >= 15 is 0 Å². The number of carbonyl (C=O) groups is 1. The standard InChI is InChI=1S/C17H18N4O2S/c1-11-8-14(23-21-11)9-18-17(22)19-12(2)16-20-15(10-24-16)13-6-4-3-5-7-13/h3-8,10,12H,9H2,1-2H3,(H2,18,19,22)/t12-/m1/s1. The summed E-state index contributed by atoms with van der Waals surface area (Å²) in [5.41, 5.74) is 2.77. The van der Waals surface area contributed by atoms with E-state index in [0.717, 1.165) is 22.0 Å². The number of rotatable bonds is 5. The van der Waals surface area contributed by atoms with E-state index < -0.39 is 0 Å². The molecule has 2 N–H and O–H groups in total. The highest BCUT2D eigenvalue weighted by Crippen LogP contribution is 2.25. The molecule has 0 fully saturated rings. The summed E-state index contributed by atoms with van der Waals surface area (Å²) in [5.74, 6) is 0.621. The number of thiazole rings is 1. The molecular formula is C17H18N4O2S. The second-order valence-electron chi connectivity index (χ2n) is 5.42. The summed E-state index contributed by atoms with van der Waals surface area (Å²) in [5, 5.41) is 12.3. The Kier molecular flexibility index (Phi) is 4.90. The van der Waals surface area contributed by atoms with Gasteiger partial charge in [0.15, 0.2) is 5.76 Å². The molecule has 0 bridgehead atoms. The van der Waals surface area contributed by atoms with E-state index in [0.29, 0.717) is 12.3 Å². The Morgan fingerprint density at radius 1 is 1.33 bits per heavy atom. The Morgan fingerprint density at radius 3 is 2.83 bits per heavy atom. The minimum absolute atomic E-state index is 0.177. The van der Waals surface area contributed by atoms with Crippen LogP contribution in [0.15, 0.2) is 46.3 Å². The van der Waals surface area contributed by atoms with Gasteiger partial charge in [0.2, 0.25) is 0 Å². The lowest BCUT2D eigenvalue weighted by Gasteiger charge is -2.11. The maximum atomic E-state index is 12.0. The van der Waals surface area contributed by atoms with Crippen LogP contribution in [0, 0.1) is 6.92 Å². The van der Waals surface area contributed by atoms with Gasteiger partial charge in [-0.25, -0.2) is 9.78 Å². The molecule has 2 heterocycles. The molecule has 124 valence electrons. The first-order valence-corrected chi connectivity index (χ1v) is 8.47. The van der Waals surface area contributed by atoms with Gasteiger partial charge in [-0.2, -0.15) is 0 Å². The lowest BCUT2D eigenvalue weighted by atomic mass is 10.2. The van der Waals surface area contributed by atoms with Crippen molar-refractivity contribution in [2.75, 3.05) is 0 Å². The molecule has 0 unspecified atom stereocenters. The second-order valence-corrected chi connectivity index (χ2v) is 6.31. The molecule has 0 aliphatic rings. The molecule has 0 saturated carbocycles. The summed E-state index contributed by atoms with van der Waals surface area (Å²) in [4.78, 5) is 16.6. The van der Waals surface area contributed by atoms with Crippen molar-refractivity contribution >= 4 is 17.4 Å². The van der Waals surface area contributed by atoms with Crippen LogP contribution in [0.4, 0.5) is 4.79 Å². The lowest BCUT2D eigenvalue weighted by molar-refractivity contribution is 0.236. The highest BCUT2D eigenvalue weighted by molar-refractivity contribution is 7.10. The third-order valence-electron chi connectivity index (χ3n) is 3.41. The highest BCUT2D eigenvalue weighted by Gasteiger charge is 2.14. The smallest absolute Gasteiger partial charge is 0.315 e. The van der Waals surface area contributed by atoms with E-state index in [2.05, 4.69) is 20.8 Å². The summed E-state index contributed by atoms with van der Waals surface area (Å²) >= 11 is 1.53. The van der Waals surface area contributed by atoms with Gasteiger partial charge in [-0.3, -0.25) is 0 Å². The molecule has 7 heteroatoms. The quantitative estimate of drug-likeness (QED) is 0.741. The van der Waals surface area contributed by atoms with Gasteiger partial charge in [0, 0.05) is 17.0 Å². The monoisotopic (exact) mass is 342 g/mol. The first-order chi connectivity index (χ1) is 11.6. The number of carbonyl (C=O) groups excluding carboxylic acids is 1. The van der Waals surface area contributed by atoms with Crippen LogP contribution in [-0.4, -0.2) is 16.2 Å². The molecule has 24 heavy (non-hydrogen) atoms. The molecular weight excluding hydrogens is 324 g/mol. The van der Waals surface area contributed by atoms with Gasteiger partial charge in [-0.05, 0) is 13.8 Å². The fraction of sp³-hybridized carbons (Fsp3) is 0.235. The number of aryl methyl sites for hydroxylation is 1. The fourth-order valence-electron chi connectivity index (χ4n) is 2.20. The number of nitrogens with zero attached hydrogens (tertiary/aromatic N) is 2. The fourth-order valence-corrected chi connectivity index (χ4v) is 3.04. The molecule has 3 aromatic rings. The summed E-state index contributed by atoms with van der Waals surface area (Å²) in [6.45, 7) is 4.04. The van der Waals surface area contributed by atoms with Gasteiger partial charge >= 0.3 is 6.03 Å². The molecule has 0 aliphatic heterocycles. The zero-order valence-electron chi connectivity index (χ0n) is 13.4. The topological polar surface area (TPSA) is 80.0 Å². The first-order valence-electron chi connectivity index (χ1n) is 7.59. The van der Waals surface area contributed by atoms with Crippen LogP contribution in [0.5, 0.6) is 0 Å². The van der Waals surface area contributed by atoms with Crippen LogP contribution in [0.25, 0.3) is 11.3 Å². The van der Waals surface area contributed by atoms with Gasteiger partial charge in [0.05, 0.1) is 24.0 Å². The van der Waals surface area contributed by atoms with Crippen molar-refractivity contribution in [1.82, 2.24) is 20.8 Å². The van der Waals surface area contributed by atoms with E-state index in [4.69, 9.17) is 4.52 Å². The highest BCUT2D eigenvalue weighted by atomic mass is 32.1. The zero-order chi connectivity index (χ0) is 16.9. The van der Waals surface area contributed by atoms with E-state index in [1.165, 1.54) is 11.3 Å². The predicted octanol–water partition coefficient (Wildman–Crippen LogP) is 3.67. The van der Waals surface area contributed by atoms with Crippen molar-refractivity contribution in [3.63, 3.8) is 0 Å². The number of aromatic nitrogens is 2. The Hall–Kier alpha value is -2.67. The van der Waals surface area contributed by atoms with Crippen LogP contribution in [-0.2, 0) is 6.54 Å². The van der Waals surface area contributed by atoms with Gasteiger partial charge < -0.3 is 15.2 Å². The Balaban J connectivity index is 1.55. The van der Waals surface area contributed by atoms with E-state index in [9.17, 15) is 4.79 Å². The Morgan fingerprint density at radius 2 is 2.12 bits per heavy atom. The normalized spacial score (nSPS) is 11.9. The third-order valence-corrected chi connectivity index (χ3v) is 4.44. The van der Waals surface area contributed by atoms with Crippen LogP contribution in [0.2, 0.25) is 0 Å². The van der Waals surface area contributed by atoms with Crippen molar-refractivity contribution in [2.24, 2.45) is 0 Å². The maximum absolute atomic E-state index is 12.0. The third kappa shape index (κ3) is 3.99. The minimum Gasteiger partial charge on any atom is -0.359 e. The first kappa shape index (κ1) is 16.2.